The van der Waals surface area contributed by atoms with Gasteiger partial charge < -0.3 is 4.74 Å². The second-order valence-corrected chi connectivity index (χ2v) is 8.28. The number of hydrogen-bond acceptors (Lipinski definition) is 5. The van der Waals surface area contributed by atoms with Crippen molar-refractivity contribution in [1.29, 1.82) is 0 Å². The van der Waals surface area contributed by atoms with Gasteiger partial charge in [-0.05, 0) is 29.7 Å². The van der Waals surface area contributed by atoms with Crippen LogP contribution in [0.1, 0.15) is 26.4 Å². The molecule has 0 radical (unpaired) electrons. The number of ether oxygens (including phenoxy) is 1. The average molecular weight is 439 g/mol. The highest BCUT2D eigenvalue weighted by Gasteiger charge is 2.20. The van der Waals surface area contributed by atoms with E-state index in [1.807, 2.05) is 48.5 Å². The number of esters is 1. The fourth-order valence-electron chi connectivity index (χ4n) is 3.25. The Morgan fingerprint density at radius 2 is 1.87 bits per heavy atom. The molecule has 152 valence electrons. The minimum absolute atomic E-state index is 0.197. The monoisotopic (exact) mass is 438 g/mol. The van der Waals surface area contributed by atoms with Crippen LogP contribution in [0.3, 0.4) is 0 Å². The van der Waals surface area contributed by atoms with Crippen LogP contribution in [0.15, 0.2) is 65.7 Å². The average Bonchev–Trinajstić information content (AvgIpc) is 3.09. The van der Waals surface area contributed by atoms with Gasteiger partial charge in [0.15, 0.2) is 0 Å². The number of rotatable bonds is 6. The van der Waals surface area contributed by atoms with Gasteiger partial charge in [-0.3, -0.25) is 9.36 Å². The fourth-order valence-corrected chi connectivity index (χ4v) is 4.48. The first-order valence-corrected chi connectivity index (χ1v) is 10.7. The van der Waals surface area contributed by atoms with Crippen LogP contribution in [0, 0.1) is 6.92 Å². The van der Waals surface area contributed by atoms with E-state index in [-0.39, 0.29) is 12.2 Å². The van der Waals surface area contributed by atoms with Gasteiger partial charge in [-0.25, -0.2) is 9.78 Å². The summed E-state index contributed by atoms with van der Waals surface area (Å²) in [6.07, 6.45) is 2.13. The number of carbonyl (C=O) groups excluding carboxylic acids is 1. The molecule has 5 nitrogen and oxygen atoms in total. The Hall–Kier alpha value is -2.96. The lowest BCUT2D eigenvalue weighted by Gasteiger charge is -2.07. The minimum atomic E-state index is -0.427. The van der Waals surface area contributed by atoms with Gasteiger partial charge in [-0.15, -0.1) is 11.3 Å². The lowest BCUT2D eigenvalue weighted by atomic mass is 10.2. The number of nitrogens with zero attached hydrogens (tertiary/aromatic N) is 2. The van der Waals surface area contributed by atoms with Gasteiger partial charge in [0, 0.05) is 11.4 Å². The van der Waals surface area contributed by atoms with Crippen molar-refractivity contribution in [3.05, 3.63) is 97.9 Å². The van der Waals surface area contributed by atoms with Gasteiger partial charge in [0.2, 0.25) is 0 Å². The van der Waals surface area contributed by atoms with Crippen molar-refractivity contribution in [1.82, 2.24) is 9.55 Å². The van der Waals surface area contributed by atoms with Crippen molar-refractivity contribution in [2.75, 3.05) is 6.61 Å². The zero-order valence-electron chi connectivity index (χ0n) is 16.3. The standard InChI is InChI=1S/C23H19ClN2O3S/c1-15-19-21(25-14-26(22(19)27)13-17-9-5-6-10-18(17)24)30-20(15)23(28)29-12-11-16-7-3-2-4-8-16/h2-10,14H,11-13H2,1H3. The molecule has 0 bridgehead atoms. The third-order valence-corrected chi connectivity index (χ3v) is 6.42. The molecule has 0 unspecified atom stereocenters. The summed E-state index contributed by atoms with van der Waals surface area (Å²) in [7, 11) is 0. The van der Waals surface area contributed by atoms with Crippen molar-refractivity contribution >= 4 is 39.1 Å². The smallest absolute Gasteiger partial charge is 0.348 e. The molecule has 0 aliphatic rings. The Bertz CT molecular complexity index is 1260. The van der Waals surface area contributed by atoms with Gasteiger partial charge >= 0.3 is 5.97 Å². The SMILES string of the molecule is Cc1c(C(=O)OCCc2ccccc2)sc2ncn(Cc3ccccc3Cl)c(=O)c12. The summed E-state index contributed by atoms with van der Waals surface area (Å²) >= 11 is 7.41. The molecule has 7 heteroatoms. The molecule has 0 saturated heterocycles. The molecular formula is C23H19ClN2O3S. The van der Waals surface area contributed by atoms with Crippen LogP contribution in [-0.4, -0.2) is 22.1 Å². The van der Waals surface area contributed by atoms with E-state index in [2.05, 4.69) is 4.98 Å². The Labute approximate surface area is 182 Å². The summed E-state index contributed by atoms with van der Waals surface area (Å²) in [5, 5.41) is 1.04. The van der Waals surface area contributed by atoms with Crippen LogP contribution in [0.4, 0.5) is 0 Å². The summed E-state index contributed by atoms with van der Waals surface area (Å²) in [6.45, 7) is 2.35. The Kier molecular flexibility index (Phi) is 5.97. The van der Waals surface area contributed by atoms with E-state index in [9.17, 15) is 9.59 Å². The summed E-state index contributed by atoms with van der Waals surface area (Å²) in [6, 6.07) is 17.2. The first-order chi connectivity index (χ1) is 14.5. The second kappa shape index (κ2) is 8.81. The molecule has 0 aliphatic carbocycles. The van der Waals surface area contributed by atoms with Gasteiger partial charge in [0.05, 0.1) is 24.9 Å². The van der Waals surface area contributed by atoms with Crippen molar-refractivity contribution in [3.63, 3.8) is 0 Å². The molecular weight excluding hydrogens is 420 g/mol. The molecule has 0 fully saturated rings. The highest BCUT2D eigenvalue weighted by Crippen LogP contribution is 2.27. The van der Waals surface area contributed by atoms with E-state index in [4.69, 9.17) is 16.3 Å². The Balaban J connectivity index is 1.56. The summed E-state index contributed by atoms with van der Waals surface area (Å²) in [4.78, 5) is 31.0. The van der Waals surface area contributed by atoms with Crippen LogP contribution in [0.5, 0.6) is 0 Å². The number of aromatic nitrogens is 2. The zero-order valence-corrected chi connectivity index (χ0v) is 17.9. The van der Waals surface area contributed by atoms with E-state index in [1.54, 1.807) is 13.0 Å². The highest BCUT2D eigenvalue weighted by molar-refractivity contribution is 7.20. The third-order valence-electron chi connectivity index (χ3n) is 4.87. The normalized spacial score (nSPS) is 11.0. The summed E-state index contributed by atoms with van der Waals surface area (Å²) in [5.41, 5.74) is 2.33. The topological polar surface area (TPSA) is 61.2 Å². The molecule has 30 heavy (non-hydrogen) atoms. The van der Waals surface area contributed by atoms with Crippen molar-refractivity contribution in [2.45, 2.75) is 19.9 Å². The van der Waals surface area contributed by atoms with E-state index < -0.39 is 5.97 Å². The van der Waals surface area contributed by atoms with Crippen molar-refractivity contribution in [3.8, 4) is 0 Å². The number of carbonyl (C=O) groups is 1. The highest BCUT2D eigenvalue weighted by atomic mass is 35.5. The number of fused-ring (bicyclic) bond motifs is 1. The van der Waals surface area contributed by atoms with Gasteiger partial charge in [0.1, 0.15) is 9.71 Å². The van der Waals surface area contributed by atoms with E-state index in [1.165, 1.54) is 22.2 Å². The molecule has 4 aromatic rings. The number of benzene rings is 2. The quantitative estimate of drug-likeness (QED) is 0.403. The molecule has 0 saturated carbocycles. The molecule has 0 spiro atoms. The van der Waals surface area contributed by atoms with Crippen LogP contribution < -0.4 is 5.56 Å². The maximum atomic E-state index is 13.0. The van der Waals surface area contributed by atoms with Gasteiger partial charge in [-0.1, -0.05) is 60.1 Å². The fraction of sp³-hybridized carbons (Fsp3) is 0.174. The molecule has 2 aromatic heterocycles. The second-order valence-electron chi connectivity index (χ2n) is 6.88. The molecule has 2 aromatic carbocycles. The van der Waals surface area contributed by atoms with Crippen LogP contribution >= 0.6 is 22.9 Å². The number of aryl methyl sites for hydroxylation is 1. The number of halogens is 1. The van der Waals surface area contributed by atoms with Crippen molar-refractivity contribution < 1.29 is 9.53 Å². The third kappa shape index (κ3) is 4.15. The maximum Gasteiger partial charge on any atom is 0.348 e. The molecule has 0 N–H and O–H groups in total. The lowest BCUT2D eigenvalue weighted by molar-refractivity contribution is 0.0514. The zero-order chi connectivity index (χ0) is 21.1. The molecule has 2 heterocycles. The number of thiophene rings is 1. The first kappa shape index (κ1) is 20.3. The first-order valence-electron chi connectivity index (χ1n) is 9.47. The predicted molar refractivity (Wildman–Crippen MR) is 120 cm³/mol. The van der Waals surface area contributed by atoms with Gasteiger partial charge in [-0.2, -0.15) is 0 Å². The lowest BCUT2D eigenvalue weighted by Crippen LogP contribution is -2.21. The number of hydrogen-bond donors (Lipinski definition) is 0. The van der Waals surface area contributed by atoms with Crippen LogP contribution in [0.2, 0.25) is 5.02 Å². The van der Waals surface area contributed by atoms with E-state index >= 15 is 0 Å². The Morgan fingerprint density at radius 1 is 1.13 bits per heavy atom. The molecule has 0 amide bonds. The minimum Gasteiger partial charge on any atom is -0.461 e. The Morgan fingerprint density at radius 3 is 2.63 bits per heavy atom. The van der Waals surface area contributed by atoms with E-state index in [0.29, 0.717) is 38.6 Å². The summed E-state index contributed by atoms with van der Waals surface area (Å²) in [5.74, 6) is -0.427. The molecule has 4 rings (SSSR count). The summed E-state index contributed by atoms with van der Waals surface area (Å²) < 4.78 is 6.95. The van der Waals surface area contributed by atoms with Crippen LogP contribution in [0.25, 0.3) is 10.2 Å². The van der Waals surface area contributed by atoms with E-state index in [0.717, 1.165) is 11.1 Å². The largest absolute Gasteiger partial charge is 0.461 e. The molecule has 0 atom stereocenters. The molecule has 0 aliphatic heterocycles. The maximum absolute atomic E-state index is 13.0. The van der Waals surface area contributed by atoms with Crippen molar-refractivity contribution in [2.24, 2.45) is 0 Å². The predicted octanol–water partition coefficient (Wildman–Crippen LogP) is 4.87. The van der Waals surface area contributed by atoms with Crippen LogP contribution in [-0.2, 0) is 17.7 Å². The van der Waals surface area contributed by atoms with Gasteiger partial charge in [0.25, 0.3) is 5.56 Å².